The molecule has 0 aliphatic carbocycles. The van der Waals surface area contributed by atoms with Gasteiger partial charge < -0.3 is 30.7 Å². The lowest BCUT2D eigenvalue weighted by Crippen LogP contribution is -2.49. The van der Waals surface area contributed by atoms with E-state index in [4.69, 9.17) is 9.72 Å². The number of pyridine rings is 1. The predicted octanol–water partition coefficient (Wildman–Crippen LogP) is 11.4. The molecule has 1 aromatic heterocycles. The molecule has 0 saturated carbocycles. The van der Waals surface area contributed by atoms with Crippen molar-refractivity contribution < 1.29 is 19.4 Å². The predicted molar refractivity (Wildman–Crippen MR) is 267 cm³/mol. The van der Waals surface area contributed by atoms with E-state index in [1.54, 1.807) is 6.07 Å². The Morgan fingerprint density at radius 1 is 0.785 bits per heavy atom. The smallest absolute Gasteiger partial charge is 0.336 e. The number of hydrogen-bond donors (Lipinski definition) is 3. The van der Waals surface area contributed by atoms with Crippen LogP contribution in [0.25, 0.3) is 12.2 Å². The number of aryl methyl sites for hydroxylation is 2. The number of carbonyl (C=O) groups is 2. The number of benzene rings is 5. The summed E-state index contributed by atoms with van der Waals surface area (Å²) < 4.78 is 6.33. The third-order valence-electron chi connectivity index (χ3n) is 12.2. The van der Waals surface area contributed by atoms with E-state index in [9.17, 15) is 14.7 Å². The van der Waals surface area contributed by atoms with Gasteiger partial charge in [0.05, 0.1) is 23.7 Å². The summed E-state index contributed by atoms with van der Waals surface area (Å²) in [7, 11) is 1.50. The first kappa shape index (κ1) is 47.8. The molecule has 65 heavy (non-hydrogen) atoms. The van der Waals surface area contributed by atoms with Crippen molar-refractivity contribution in [2.24, 2.45) is 5.73 Å². The summed E-state index contributed by atoms with van der Waals surface area (Å²) in [4.78, 5) is 35.8. The monoisotopic (exact) mass is 872 g/mol. The number of amides is 1. The topological polar surface area (TPSA) is 121 Å². The Morgan fingerprint density at radius 2 is 1.43 bits per heavy atom. The van der Waals surface area contributed by atoms with Crippen LogP contribution in [0.5, 0.6) is 11.5 Å². The van der Waals surface area contributed by atoms with Gasteiger partial charge in [-0.1, -0.05) is 113 Å². The third kappa shape index (κ3) is 12.5. The molecule has 0 bridgehead atoms. The summed E-state index contributed by atoms with van der Waals surface area (Å²) in [5.74, 6) is 1.15. The van der Waals surface area contributed by atoms with Crippen LogP contribution in [0.15, 0.2) is 121 Å². The molecule has 338 valence electrons. The normalized spacial score (nSPS) is 13.2. The lowest BCUT2D eigenvalue weighted by atomic mass is 9.87. The Kier molecular flexibility index (Phi) is 16.0. The maximum atomic E-state index is 13.7. The summed E-state index contributed by atoms with van der Waals surface area (Å²) in [6, 6.07) is 40.5. The number of aromatic nitrogens is 1. The van der Waals surface area contributed by atoms with Gasteiger partial charge in [-0.25, -0.2) is 9.78 Å². The van der Waals surface area contributed by atoms with Crippen LogP contribution < -0.4 is 20.7 Å². The Balaban J connectivity index is 0.00000345. The second kappa shape index (κ2) is 21.8. The zero-order valence-electron chi connectivity index (χ0n) is 39.3. The van der Waals surface area contributed by atoms with Crippen molar-refractivity contribution >= 4 is 35.5 Å². The summed E-state index contributed by atoms with van der Waals surface area (Å²) in [6.45, 7) is 17.9. The average molecular weight is 872 g/mol. The zero-order valence-corrected chi connectivity index (χ0v) is 39.3. The van der Waals surface area contributed by atoms with Gasteiger partial charge in [0.2, 0.25) is 5.91 Å². The first-order valence-corrected chi connectivity index (χ1v) is 22.7. The maximum absolute atomic E-state index is 13.7. The first-order chi connectivity index (χ1) is 31.2. The van der Waals surface area contributed by atoms with E-state index in [1.807, 2.05) is 78.6 Å². The molecule has 9 heteroatoms. The van der Waals surface area contributed by atoms with E-state index in [-0.39, 0.29) is 22.9 Å². The van der Waals surface area contributed by atoms with Crippen molar-refractivity contribution in [2.45, 2.75) is 79.2 Å². The van der Waals surface area contributed by atoms with E-state index < -0.39 is 5.97 Å². The highest BCUT2D eigenvalue weighted by molar-refractivity contribution is 5.92. The fourth-order valence-corrected chi connectivity index (χ4v) is 8.24. The van der Waals surface area contributed by atoms with Gasteiger partial charge in [-0.15, -0.1) is 0 Å². The molecule has 1 atom stereocenters. The van der Waals surface area contributed by atoms with E-state index in [2.05, 4.69) is 118 Å². The Labute approximate surface area is 386 Å². The third-order valence-corrected chi connectivity index (χ3v) is 12.2. The number of ether oxygens (including phenoxy) is 1. The molecular formula is C56H65N5O4. The first-order valence-electron chi connectivity index (χ1n) is 22.7. The molecule has 1 aliphatic heterocycles. The Hall–Kier alpha value is -6.71. The Morgan fingerprint density at radius 3 is 2.05 bits per heavy atom. The second-order valence-electron chi connectivity index (χ2n) is 17.7. The number of nitrogens with one attached hydrogen (secondary N) is 1. The molecule has 1 aliphatic rings. The van der Waals surface area contributed by atoms with Crippen LogP contribution >= 0.6 is 0 Å². The van der Waals surface area contributed by atoms with Gasteiger partial charge in [0.15, 0.2) is 0 Å². The molecular weight excluding hydrogens is 807 g/mol. The van der Waals surface area contributed by atoms with Crippen LogP contribution in [0.4, 0.5) is 11.5 Å². The minimum Gasteiger partial charge on any atom is -0.478 e. The highest BCUT2D eigenvalue weighted by Crippen LogP contribution is 2.32. The molecule has 1 amide bonds. The maximum Gasteiger partial charge on any atom is 0.336 e. The van der Waals surface area contributed by atoms with Crippen LogP contribution in [-0.4, -0.2) is 60.1 Å². The summed E-state index contributed by atoms with van der Waals surface area (Å²) in [6.07, 6.45) is 5.14. The summed E-state index contributed by atoms with van der Waals surface area (Å²) >= 11 is 0. The van der Waals surface area contributed by atoms with Crippen LogP contribution in [0, 0.1) is 20.8 Å². The average Bonchev–Trinajstić information content (AvgIpc) is 3.31. The lowest BCUT2D eigenvalue weighted by Gasteiger charge is -2.36. The number of carboxylic acid groups (broad SMARTS) is 1. The van der Waals surface area contributed by atoms with Gasteiger partial charge >= 0.3 is 5.97 Å². The molecule has 1 fully saturated rings. The van der Waals surface area contributed by atoms with Crippen LogP contribution in [0.2, 0.25) is 0 Å². The minimum absolute atomic E-state index is 0.106. The van der Waals surface area contributed by atoms with E-state index in [0.717, 1.165) is 41.1 Å². The SMILES string of the molecule is CCc1c(C(=O)O)cc(/C=C/c2ccccc2)nc1NC(Cc1cccc(CC(=O)N2CCN(c3ccc(C(C)(C)C)cc3)CC2)c1)c1ccc(Oc2cc(C)c(C)c(C)c2)cc1.CN. The molecule has 2 heterocycles. The van der Waals surface area contributed by atoms with Gasteiger partial charge in [-0.05, 0) is 139 Å². The summed E-state index contributed by atoms with van der Waals surface area (Å²) in [5, 5.41) is 14.1. The van der Waals surface area contributed by atoms with E-state index in [0.29, 0.717) is 55.2 Å². The number of nitrogens with zero attached hydrogens (tertiary/aromatic N) is 3. The Bertz CT molecular complexity index is 2550. The van der Waals surface area contributed by atoms with Crippen molar-refractivity contribution in [3.63, 3.8) is 0 Å². The number of hydrogen-bond acceptors (Lipinski definition) is 7. The van der Waals surface area contributed by atoms with Crippen LogP contribution in [0.1, 0.15) is 99.9 Å². The van der Waals surface area contributed by atoms with Gasteiger partial charge in [0.1, 0.15) is 17.3 Å². The van der Waals surface area contributed by atoms with Gasteiger partial charge in [-0.2, -0.15) is 0 Å². The van der Waals surface area contributed by atoms with Crippen LogP contribution in [-0.2, 0) is 29.5 Å². The number of piperazine rings is 1. The molecule has 1 saturated heterocycles. The molecule has 0 spiro atoms. The summed E-state index contributed by atoms with van der Waals surface area (Å²) in [5.41, 5.74) is 16.1. The standard InChI is InChI=1S/C55H60N4O4.CH5N/c1-8-49-50(54(61)62)36-45(22-17-40-13-10-9-11-14-40)56-53(49)57-51(43-18-25-47(26-19-43)63-48-31-37(2)39(4)38(3)32-48)34-41-15-12-16-42(33-41)35-52(60)59-29-27-58(28-30-59)46-23-20-44(21-24-46)55(5,6)7;1-2/h9-26,31-33,36,51H,8,27-30,34-35H2,1-7H3,(H,56,57)(H,61,62);2H2,1H3/b22-17+;. The fraction of sp³-hybridized carbons (Fsp3) is 0.304. The quantitative estimate of drug-likeness (QED) is 0.0989. The molecule has 1 unspecified atom stereocenters. The number of aromatic carboxylic acids is 1. The minimum atomic E-state index is -1.00. The highest BCUT2D eigenvalue weighted by atomic mass is 16.5. The van der Waals surface area contributed by atoms with Crippen LogP contribution in [0.3, 0.4) is 0 Å². The van der Waals surface area contributed by atoms with Crippen molar-refractivity contribution in [1.29, 1.82) is 0 Å². The fourth-order valence-electron chi connectivity index (χ4n) is 8.24. The molecule has 6 aromatic rings. The molecule has 5 aromatic carbocycles. The molecule has 4 N–H and O–H groups in total. The van der Waals surface area contributed by atoms with Crippen molar-refractivity contribution in [3.8, 4) is 11.5 Å². The molecule has 0 radical (unpaired) electrons. The van der Waals surface area contributed by atoms with E-state index >= 15 is 0 Å². The number of anilines is 2. The second-order valence-corrected chi connectivity index (χ2v) is 17.7. The van der Waals surface area contributed by atoms with Gasteiger partial charge in [0.25, 0.3) is 0 Å². The molecule has 7 rings (SSSR count). The number of nitrogens with two attached hydrogens (primary N) is 1. The van der Waals surface area contributed by atoms with E-state index in [1.165, 1.54) is 35.0 Å². The number of carboxylic acids is 1. The van der Waals surface area contributed by atoms with Crippen molar-refractivity contribution in [2.75, 3.05) is 43.4 Å². The van der Waals surface area contributed by atoms with Gasteiger partial charge in [-0.3, -0.25) is 4.79 Å². The van der Waals surface area contributed by atoms with Crippen molar-refractivity contribution in [3.05, 3.63) is 183 Å². The molecule has 9 nitrogen and oxygen atoms in total. The number of rotatable bonds is 14. The highest BCUT2D eigenvalue weighted by Gasteiger charge is 2.24. The largest absolute Gasteiger partial charge is 0.478 e. The van der Waals surface area contributed by atoms with Crippen molar-refractivity contribution in [1.82, 2.24) is 9.88 Å². The number of carbonyl (C=O) groups excluding carboxylic acids is 1. The lowest BCUT2D eigenvalue weighted by molar-refractivity contribution is -0.130. The zero-order chi connectivity index (χ0) is 46.7. The van der Waals surface area contributed by atoms with Gasteiger partial charge in [0, 0.05) is 37.4 Å².